The van der Waals surface area contributed by atoms with E-state index < -0.39 is 23.7 Å². The molecule has 0 saturated carbocycles. The van der Waals surface area contributed by atoms with Gasteiger partial charge in [0.25, 0.3) is 0 Å². The molecule has 4 nitrogen and oxygen atoms in total. The molecular weight excluding hydrogens is 317 g/mol. The molecule has 0 fully saturated rings. The molecule has 0 spiro atoms. The maximum atomic E-state index is 13.5. The summed E-state index contributed by atoms with van der Waals surface area (Å²) in [5.74, 6) is -1.38. The second-order valence-electron chi connectivity index (χ2n) is 3.96. The summed E-state index contributed by atoms with van der Waals surface area (Å²) in [4.78, 5) is 23.1. The van der Waals surface area contributed by atoms with Crippen molar-refractivity contribution in [2.45, 2.75) is 25.8 Å². The summed E-state index contributed by atoms with van der Waals surface area (Å²) < 4.78 is 18.7. The first-order chi connectivity index (χ1) is 8.97. The largest absolute Gasteiger partial charge is 0.467 e. The number of nitrogens with one attached hydrogen (secondary N) is 1. The zero-order valence-electron chi connectivity index (χ0n) is 10.7. The monoisotopic (exact) mass is 331 g/mol. The van der Waals surface area contributed by atoms with Crippen LogP contribution in [0.5, 0.6) is 0 Å². The number of ether oxygens (including phenoxy) is 1. The van der Waals surface area contributed by atoms with E-state index in [0.29, 0.717) is 10.9 Å². The normalized spacial score (nSPS) is 11.8. The third-order valence-electron chi connectivity index (χ3n) is 2.59. The van der Waals surface area contributed by atoms with Crippen molar-refractivity contribution in [2.75, 3.05) is 7.11 Å². The van der Waals surface area contributed by atoms with Gasteiger partial charge in [-0.1, -0.05) is 22.9 Å². The Morgan fingerprint density at radius 2 is 2.16 bits per heavy atom. The SMILES string of the molecule is CCC(NC(=O)Cc1cc(Br)ccc1F)C(=O)OC. The summed E-state index contributed by atoms with van der Waals surface area (Å²) >= 11 is 3.21. The van der Waals surface area contributed by atoms with Crippen LogP contribution in [0.25, 0.3) is 0 Å². The van der Waals surface area contributed by atoms with E-state index in [2.05, 4.69) is 26.0 Å². The first-order valence-electron chi connectivity index (χ1n) is 5.79. The third-order valence-corrected chi connectivity index (χ3v) is 3.08. The highest BCUT2D eigenvalue weighted by molar-refractivity contribution is 9.10. The van der Waals surface area contributed by atoms with Gasteiger partial charge in [0.15, 0.2) is 0 Å². The second-order valence-corrected chi connectivity index (χ2v) is 4.88. The molecule has 1 amide bonds. The van der Waals surface area contributed by atoms with Gasteiger partial charge in [-0.2, -0.15) is 0 Å². The summed E-state index contributed by atoms with van der Waals surface area (Å²) in [6, 6.07) is 3.67. The summed E-state index contributed by atoms with van der Waals surface area (Å²) in [5.41, 5.74) is 0.270. The Morgan fingerprint density at radius 3 is 2.74 bits per heavy atom. The average molecular weight is 332 g/mol. The van der Waals surface area contributed by atoms with Gasteiger partial charge in [0, 0.05) is 4.47 Å². The minimum absolute atomic E-state index is 0.126. The molecule has 0 aliphatic heterocycles. The highest BCUT2D eigenvalue weighted by Gasteiger charge is 2.19. The Labute approximate surface area is 119 Å². The van der Waals surface area contributed by atoms with Gasteiger partial charge in [0.2, 0.25) is 5.91 Å². The lowest BCUT2D eigenvalue weighted by Crippen LogP contribution is -2.41. The fraction of sp³-hybridized carbons (Fsp3) is 0.385. The Morgan fingerprint density at radius 1 is 1.47 bits per heavy atom. The number of methoxy groups -OCH3 is 1. The van der Waals surface area contributed by atoms with Gasteiger partial charge >= 0.3 is 5.97 Å². The van der Waals surface area contributed by atoms with E-state index in [1.54, 1.807) is 13.0 Å². The van der Waals surface area contributed by atoms with E-state index in [9.17, 15) is 14.0 Å². The average Bonchev–Trinajstić information content (AvgIpc) is 2.39. The summed E-state index contributed by atoms with van der Waals surface area (Å²) in [5, 5.41) is 2.52. The molecule has 19 heavy (non-hydrogen) atoms. The minimum Gasteiger partial charge on any atom is -0.467 e. The number of halogens is 2. The second kappa shape index (κ2) is 7.23. The number of esters is 1. The van der Waals surface area contributed by atoms with Gasteiger partial charge in [-0.05, 0) is 30.2 Å². The van der Waals surface area contributed by atoms with Gasteiger partial charge in [-0.25, -0.2) is 9.18 Å². The van der Waals surface area contributed by atoms with Crippen LogP contribution < -0.4 is 5.32 Å². The number of carbonyl (C=O) groups excluding carboxylic acids is 2. The lowest BCUT2D eigenvalue weighted by molar-refractivity contribution is -0.145. The molecule has 1 aromatic carbocycles. The van der Waals surface area contributed by atoms with Crippen molar-refractivity contribution in [1.82, 2.24) is 5.32 Å². The van der Waals surface area contributed by atoms with E-state index in [1.165, 1.54) is 19.2 Å². The molecule has 0 aliphatic carbocycles. The van der Waals surface area contributed by atoms with E-state index in [-0.39, 0.29) is 12.0 Å². The topological polar surface area (TPSA) is 55.4 Å². The first-order valence-corrected chi connectivity index (χ1v) is 6.58. The molecule has 104 valence electrons. The molecule has 0 heterocycles. The van der Waals surface area contributed by atoms with Crippen LogP contribution in [0.4, 0.5) is 4.39 Å². The molecule has 0 radical (unpaired) electrons. The molecule has 1 unspecified atom stereocenters. The zero-order valence-corrected chi connectivity index (χ0v) is 12.3. The van der Waals surface area contributed by atoms with Gasteiger partial charge in [0.1, 0.15) is 11.9 Å². The highest BCUT2D eigenvalue weighted by Crippen LogP contribution is 2.16. The molecule has 0 bridgehead atoms. The van der Waals surface area contributed by atoms with Crippen LogP contribution in [0.2, 0.25) is 0 Å². The van der Waals surface area contributed by atoms with Crippen molar-refractivity contribution in [3.63, 3.8) is 0 Å². The number of hydrogen-bond acceptors (Lipinski definition) is 3. The summed E-state index contributed by atoms with van der Waals surface area (Å²) in [6.07, 6.45) is 0.290. The number of benzene rings is 1. The summed E-state index contributed by atoms with van der Waals surface area (Å²) in [6.45, 7) is 1.75. The van der Waals surface area contributed by atoms with Crippen LogP contribution in [0.3, 0.4) is 0 Å². The Balaban J connectivity index is 2.69. The third kappa shape index (κ3) is 4.63. The number of amides is 1. The van der Waals surface area contributed by atoms with Gasteiger partial charge in [0.05, 0.1) is 13.5 Å². The molecule has 0 aromatic heterocycles. The maximum Gasteiger partial charge on any atom is 0.328 e. The number of hydrogen-bond donors (Lipinski definition) is 1. The van der Waals surface area contributed by atoms with Crippen molar-refractivity contribution < 1.29 is 18.7 Å². The van der Waals surface area contributed by atoms with Crippen LogP contribution in [0.1, 0.15) is 18.9 Å². The number of carbonyl (C=O) groups is 2. The highest BCUT2D eigenvalue weighted by atomic mass is 79.9. The zero-order chi connectivity index (χ0) is 14.4. The van der Waals surface area contributed by atoms with Crippen LogP contribution in [0, 0.1) is 5.82 Å². The molecule has 6 heteroatoms. The molecule has 1 aromatic rings. The van der Waals surface area contributed by atoms with Gasteiger partial charge < -0.3 is 10.1 Å². The van der Waals surface area contributed by atoms with Crippen molar-refractivity contribution in [1.29, 1.82) is 0 Å². The van der Waals surface area contributed by atoms with Gasteiger partial charge in [-0.3, -0.25) is 4.79 Å². The van der Waals surface area contributed by atoms with E-state index in [4.69, 9.17) is 0 Å². The van der Waals surface area contributed by atoms with Crippen LogP contribution in [-0.2, 0) is 20.7 Å². The molecule has 0 saturated heterocycles. The Kier molecular flexibility index (Phi) is 5.95. The standard InChI is InChI=1S/C13H15BrFNO3/c1-3-11(13(18)19-2)16-12(17)7-8-6-9(14)4-5-10(8)15/h4-6,11H,3,7H2,1-2H3,(H,16,17). The Bertz CT molecular complexity index is 479. The molecule has 1 atom stereocenters. The first kappa shape index (κ1) is 15.6. The predicted molar refractivity (Wildman–Crippen MR) is 72.0 cm³/mol. The molecular formula is C13H15BrFNO3. The van der Waals surface area contributed by atoms with E-state index >= 15 is 0 Å². The fourth-order valence-electron chi connectivity index (χ4n) is 1.57. The molecule has 1 rings (SSSR count). The summed E-state index contributed by atoms with van der Waals surface area (Å²) in [7, 11) is 1.26. The quantitative estimate of drug-likeness (QED) is 0.841. The van der Waals surface area contributed by atoms with Crippen molar-refractivity contribution in [3.05, 3.63) is 34.1 Å². The van der Waals surface area contributed by atoms with E-state index in [1.807, 2.05) is 0 Å². The molecule has 0 aliphatic rings. The van der Waals surface area contributed by atoms with Crippen molar-refractivity contribution >= 4 is 27.8 Å². The minimum atomic E-state index is -0.701. The van der Waals surface area contributed by atoms with Crippen LogP contribution in [0.15, 0.2) is 22.7 Å². The van der Waals surface area contributed by atoms with E-state index in [0.717, 1.165) is 0 Å². The molecule has 1 N–H and O–H groups in total. The lowest BCUT2D eigenvalue weighted by Gasteiger charge is -2.14. The maximum absolute atomic E-state index is 13.5. The van der Waals surface area contributed by atoms with Gasteiger partial charge in [-0.15, -0.1) is 0 Å². The fourth-order valence-corrected chi connectivity index (χ4v) is 1.98. The van der Waals surface area contributed by atoms with Crippen LogP contribution >= 0.6 is 15.9 Å². The lowest BCUT2D eigenvalue weighted by atomic mass is 10.1. The van der Waals surface area contributed by atoms with Crippen molar-refractivity contribution in [3.8, 4) is 0 Å². The number of rotatable bonds is 5. The smallest absolute Gasteiger partial charge is 0.328 e. The van der Waals surface area contributed by atoms with Crippen LogP contribution in [-0.4, -0.2) is 25.0 Å². The van der Waals surface area contributed by atoms with Crippen molar-refractivity contribution in [2.24, 2.45) is 0 Å². The Hall–Kier alpha value is -1.43. The predicted octanol–water partition coefficient (Wildman–Crippen LogP) is 2.20.